The first kappa shape index (κ1) is 12.5. The molecule has 0 radical (unpaired) electrons. The van der Waals surface area contributed by atoms with Gasteiger partial charge in [-0.2, -0.15) is 0 Å². The van der Waals surface area contributed by atoms with Gasteiger partial charge in [-0.05, 0) is 31.9 Å². The first-order valence-electron chi connectivity index (χ1n) is 5.33. The lowest BCUT2D eigenvalue weighted by molar-refractivity contribution is -0.117. The smallest absolute Gasteiger partial charge is 0.241 e. The summed E-state index contributed by atoms with van der Waals surface area (Å²) >= 11 is 0. The summed E-state index contributed by atoms with van der Waals surface area (Å²) in [5.41, 5.74) is 7.67. The molecule has 0 saturated heterocycles. The van der Waals surface area contributed by atoms with Crippen LogP contribution in [0.25, 0.3) is 0 Å². The SMILES string of the molecule is CCC(N)C(=O)Nc1ccc(C)c(O)c1C. The number of anilines is 1. The van der Waals surface area contributed by atoms with Crippen LogP contribution in [0.3, 0.4) is 0 Å². The maximum Gasteiger partial charge on any atom is 0.241 e. The minimum Gasteiger partial charge on any atom is -0.507 e. The Labute approximate surface area is 95.5 Å². The Bertz CT molecular complexity index is 402. The molecule has 0 aromatic heterocycles. The molecule has 0 aliphatic heterocycles. The molecule has 1 unspecified atom stereocenters. The van der Waals surface area contributed by atoms with Gasteiger partial charge in [0.25, 0.3) is 0 Å². The number of carbonyl (C=O) groups is 1. The summed E-state index contributed by atoms with van der Waals surface area (Å²) in [5.74, 6) is -0.0169. The molecule has 4 heteroatoms. The second kappa shape index (κ2) is 4.99. The average molecular weight is 222 g/mol. The Balaban J connectivity index is 2.91. The van der Waals surface area contributed by atoms with Crippen LogP contribution >= 0.6 is 0 Å². The lowest BCUT2D eigenvalue weighted by atomic mass is 10.1. The van der Waals surface area contributed by atoms with Crippen LogP contribution in [-0.4, -0.2) is 17.1 Å². The lowest BCUT2D eigenvalue weighted by Gasteiger charge is -2.13. The Kier molecular flexibility index (Phi) is 3.90. The number of hydrogen-bond donors (Lipinski definition) is 3. The minimum atomic E-state index is -0.511. The predicted molar refractivity (Wildman–Crippen MR) is 64.5 cm³/mol. The molecule has 1 atom stereocenters. The van der Waals surface area contributed by atoms with E-state index in [1.165, 1.54) is 0 Å². The number of nitrogens with one attached hydrogen (secondary N) is 1. The second-order valence-corrected chi connectivity index (χ2v) is 3.91. The van der Waals surface area contributed by atoms with Gasteiger partial charge in [0.05, 0.1) is 6.04 Å². The summed E-state index contributed by atoms with van der Waals surface area (Å²) in [5, 5.41) is 12.4. The number of nitrogens with two attached hydrogens (primary N) is 1. The Hall–Kier alpha value is -1.55. The summed E-state index contributed by atoms with van der Waals surface area (Å²) in [6, 6.07) is 3.02. The Morgan fingerprint density at radius 2 is 2.12 bits per heavy atom. The predicted octanol–water partition coefficient (Wildman–Crippen LogP) is 1.68. The number of benzene rings is 1. The molecule has 0 fully saturated rings. The maximum atomic E-state index is 11.6. The highest BCUT2D eigenvalue weighted by Crippen LogP contribution is 2.27. The molecule has 4 nitrogen and oxygen atoms in total. The van der Waals surface area contributed by atoms with Crippen LogP contribution in [0.4, 0.5) is 5.69 Å². The fraction of sp³-hybridized carbons (Fsp3) is 0.417. The molecule has 0 saturated carbocycles. The van der Waals surface area contributed by atoms with Crippen LogP contribution in [0.2, 0.25) is 0 Å². The molecule has 0 aliphatic rings. The van der Waals surface area contributed by atoms with Crippen LogP contribution in [0, 0.1) is 13.8 Å². The lowest BCUT2D eigenvalue weighted by Crippen LogP contribution is -2.35. The van der Waals surface area contributed by atoms with Gasteiger partial charge in [0, 0.05) is 11.3 Å². The van der Waals surface area contributed by atoms with Crippen molar-refractivity contribution in [1.29, 1.82) is 0 Å². The van der Waals surface area contributed by atoms with Gasteiger partial charge in [-0.15, -0.1) is 0 Å². The van der Waals surface area contributed by atoms with Gasteiger partial charge in [0.1, 0.15) is 5.75 Å². The van der Waals surface area contributed by atoms with Crippen LogP contribution < -0.4 is 11.1 Å². The fourth-order valence-electron chi connectivity index (χ4n) is 1.38. The van der Waals surface area contributed by atoms with E-state index in [1.54, 1.807) is 19.1 Å². The van der Waals surface area contributed by atoms with Gasteiger partial charge in [-0.1, -0.05) is 13.0 Å². The quantitative estimate of drug-likeness (QED) is 0.728. The van der Waals surface area contributed by atoms with Crippen molar-refractivity contribution in [3.05, 3.63) is 23.3 Å². The van der Waals surface area contributed by atoms with Gasteiger partial charge in [-0.25, -0.2) is 0 Å². The number of hydrogen-bond acceptors (Lipinski definition) is 3. The van der Waals surface area contributed by atoms with Crippen molar-refractivity contribution in [1.82, 2.24) is 0 Å². The number of aryl methyl sites for hydroxylation is 1. The first-order valence-corrected chi connectivity index (χ1v) is 5.33. The molecule has 0 bridgehead atoms. The number of aromatic hydroxyl groups is 1. The van der Waals surface area contributed by atoms with Gasteiger partial charge in [0.2, 0.25) is 5.91 Å². The van der Waals surface area contributed by atoms with E-state index in [9.17, 15) is 9.90 Å². The molecule has 1 aromatic carbocycles. The molecule has 88 valence electrons. The summed E-state index contributed by atoms with van der Waals surface area (Å²) in [6.45, 7) is 5.42. The highest BCUT2D eigenvalue weighted by atomic mass is 16.3. The normalized spacial score (nSPS) is 12.2. The number of rotatable bonds is 3. The summed E-state index contributed by atoms with van der Waals surface area (Å²) in [7, 11) is 0. The fourth-order valence-corrected chi connectivity index (χ4v) is 1.38. The third-order valence-corrected chi connectivity index (χ3v) is 2.67. The zero-order valence-corrected chi connectivity index (χ0v) is 9.87. The van der Waals surface area contributed by atoms with Crippen molar-refractivity contribution in [2.45, 2.75) is 33.2 Å². The van der Waals surface area contributed by atoms with E-state index < -0.39 is 6.04 Å². The summed E-state index contributed by atoms with van der Waals surface area (Å²) in [4.78, 5) is 11.6. The second-order valence-electron chi connectivity index (χ2n) is 3.91. The molecule has 1 rings (SSSR count). The third-order valence-electron chi connectivity index (χ3n) is 2.67. The van der Waals surface area contributed by atoms with E-state index in [1.807, 2.05) is 13.8 Å². The number of amides is 1. The van der Waals surface area contributed by atoms with Gasteiger partial charge >= 0.3 is 0 Å². The van der Waals surface area contributed by atoms with Crippen molar-refractivity contribution < 1.29 is 9.90 Å². The van der Waals surface area contributed by atoms with E-state index in [4.69, 9.17) is 5.73 Å². The van der Waals surface area contributed by atoms with Crippen LogP contribution in [-0.2, 0) is 4.79 Å². The van der Waals surface area contributed by atoms with Crippen molar-refractivity contribution >= 4 is 11.6 Å². The van der Waals surface area contributed by atoms with E-state index in [0.717, 1.165) is 5.56 Å². The number of phenols is 1. The summed E-state index contributed by atoms with van der Waals surface area (Å²) < 4.78 is 0. The largest absolute Gasteiger partial charge is 0.507 e. The highest BCUT2D eigenvalue weighted by molar-refractivity contribution is 5.95. The Morgan fingerprint density at radius 3 is 2.69 bits per heavy atom. The first-order chi connectivity index (χ1) is 7.47. The monoisotopic (exact) mass is 222 g/mol. The van der Waals surface area contributed by atoms with Crippen molar-refractivity contribution in [2.75, 3.05) is 5.32 Å². The van der Waals surface area contributed by atoms with Crippen LogP contribution in [0.1, 0.15) is 24.5 Å². The molecular weight excluding hydrogens is 204 g/mol. The Morgan fingerprint density at radius 1 is 1.50 bits per heavy atom. The maximum absolute atomic E-state index is 11.6. The van der Waals surface area contributed by atoms with Crippen molar-refractivity contribution in [3.63, 3.8) is 0 Å². The van der Waals surface area contributed by atoms with Crippen molar-refractivity contribution in [3.8, 4) is 5.75 Å². The molecule has 4 N–H and O–H groups in total. The molecular formula is C12H18N2O2. The summed E-state index contributed by atoms with van der Waals surface area (Å²) in [6.07, 6.45) is 0.586. The molecule has 1 aromatic rings. The topological polar surface area (TPSA) is 75.4 Å². The number of phenolic OH excluding ortho intramolecular Hbond substituents is 1. The zero-order valence-electron chi connectivity index (χ0n) is 9.87. The van der Waals surface area contributed by atoms with Gasteiger partial charge in [0.15, 0.2) is 0 Å². The van der Waals surface area contributed by atoms with E-state index in [0.29, 0.717) is 17.7 Å². The van der Waals surface area contributed by atoms with Crippen LogP contribution in [0.5, 0.6) is 5.75 Å². The van der Waals surface area contributed by atoms with E-state index in [2.05, 4.69) is 5.32 Å². The van der Waals surface area contributed by atoms with Gasteiger partial charge in [-0.3, -0.25) is 4.79 Å². The van der Waals surface area contributed by atoms with E-state index >= 15 is 0 Å². The van der Waals surface area contributed by atoms with Gasteiger partial charge < -0.3 is 16.2 Å². The number of carbonyl (C=O) groups excluding carboxylic acids is 1. The standard InChI is InChI=1S/C12H18N2O2/c1-4-9(13)12(16)14-10-6-5-7(2)11(15)8(10)3/h5-6,9,15H,4,13H2,1-3H3,(H,14,16). The third kappa shape index (κ3) is 2.52. The van der Waals surface area contributed by atoms with Crippen molar-refractivity contribution in [2.24, 2.45) is 5.73 Å². The molecule has 16 heavy (non-hydrogen) atoms. The molecule has 1 amide bonds. The molecule has 0 aliphatic carbocycles. The zero-order chi connectivity index (χ0) is 12.3. The molecule has 0 spiro atoms. The average Bonchev–Trinajstić information content (AvgIpc) is 2.28. The minimum absolute atomic E-state index is 0.211. The molecule has 0 heterocycles. The van der Waals surface area contributed by atoms with E-state index in [-0.39, 0.29) is 11.7 Å². The highest BCUT2D eigenvalue weighted by Gasteiger charge is 2.13. The van der Waals surface area contributed by atoms with Crippen LogP contribution in [0.15, 0.2) is 12.1 Å².